The Kier molecular flexibility index (Phi) is 2.98. The normalized spacial score (nSPS) is 26.5. The highest BCUT2D eigenvalue weighted by Gasteiger charge is 2.43. The summed E-state index contributed by atoms with van der Waals surface area (Å²) in [6.45, 7) is 3.59. The Bertz CT molecular complexity index is 799. The average molecular weight is 307 g/mol. The van der Waals surface area contributed by atoms with E-state index in [1.54, 1.807) is 16.8 Å². The molecule has 1 fully saturated rings. The fourth-order valence-corrected chi connectivity index (χ4v) is 5.18. The molecule has 0 saturated carbocycles. The number of nitrogens with zero attached hydrogens (tertiary/aromatic N) is 3. The zero-order valence-electron chi connectivity index (χ0n) is 14.1. The highest BCUT2D eigenvalue weighted by Crippen LogP contribution is 2.49. The lowest BCUT2D eigenvalue weighted by atomic mass is 9.77. The summed E-state index contributed by atoms with van der Waals surface area (Å²) in [5.41, 5.74) is 6.24. The summed E-state index contributed by atoms with van der Waals surface area (Å²) < 4.78 is 2.53. The summed E-state index contributed by atoms with van der Waals surface area (Å²) in [6, 6.07) is 9.61. The molecular weight excluding hydrogens is 282 g/mol. The van der Waals surface area contributed by atoms with Crippen LogP contribution in [0.25, 0.3) is 17.1 Å². The van der Waals surface area contributed by atoms with Gasteiger partial charge in [0.05, 0.1) is 11.6 Å². The minimum Gasteiger partial charge on any atom is -0.318 e. The summed E-state index contributed by atoms with van der Waals surface area (Å²) in [7, 11) is 4.38. The van der Waals surface area contributed by atoms with Crippen molar-refractivity contribution in [1.29, 1.82) is 0 Å². The first-order valence-corrected chi connectivity index (χ1v) is 8.95. The second kappa shape index (κ2) is 4.96. The van der Waals surface area contributed by atoms with Crippen molar-refractivity contribution in [1.82, 2.24) is 14.4 Å². The third kappa shape index (κ3) is 1.90. The Hall–Kier alpha value is -1.58. The van der Waals surface area contributed by atoms with E-state index >= 15 is 0 Å². The van der Waals surface area contributed by atoms with Crippen molar-refractivity contribution < 1.29 is 0 Å². The molecule has 3 heteroatoms. The molecule has 1 aromatic carbocycles. The number of piperidine rings is 1. The summed E-state index contributed by atoms with van der Waals surface area (Å²) in [5.74, 6) is 0.710. The molecule has 3 nitrogen and oxygen atoms in total. The molecule has 5 rings (SSSR count). The monoisotopic (exact) mass is 307 g/mol. The van der Waals surface area contributed by atoms with Crippen LogP contribution < -0.4 is 0 Å². The first kappa shape index (κ1) is 13.8. The molecule has 4 heterocycles. The fourth-order valence-electron chi connectivity index (χ4n) is 5.18. The zero-order chi connectivity index (χ0) is 15.6. The van der Waals surface area contributed by atoms with Crippen LogP contribution in [0.5, 0.6) is 0 Å². The van der Waals surface area contributed by atoms with Crippen molar-refractivity contribution in [3.05, 3.63) is 41.1 Å². The molecule has 120 valence electrons. The van der Waals surface area contributed by atoms with Crippen molar-refractivity contribution >= 4 is 17.1 Å². The first-order chi connectivity index (χ1) is 11.2. The molecule has 3 aliphatic heterocycles. The Morgan fingerprint density at radius 2 is 2.04 bits per heavy atom. The number of hydrogen-bond donors (Lipinski definition) is 0. The molecule has 0 spiro atoms. The highest BCUT2D eigenvalue weighted by atomic mass is 15.2. The van der Waals surface area contributed by atoms with Crippen LogP contribution in [0.3, 0.4) is 0 Å². The second-order valence-corrected chi connectivity index (χ2v) is 7.67. The minimum absolute atomic E-state index is 0.611. The third-order valence-corrected chi connectivity index (χ3v) is 5.99. The summed E-state index contributed by atoms with van der Waals surface area (Å²) in [4.78, 5) is 5.08. The van der Waals surface area contributed by atoms with E-state index in [-0.39, 0.29) is 0 Å². The van der Waals surface area contributed by atoms with Gasteiger partial charge in [0.25, 0.3) is 0 Å². The van der Waals surface area contributed by atoms with Crippen LogP contribution in [0, 0.1) is 5.92 Å². The topological polar surface area (TPSA) is 11.4 Å². The van der Waals surface area contributed by atoms with E-state index in [0.29, 0.717) is 12.0 Å². The summed E-state index contributed by atoms with van der Waals surface area (Å²) in [5, 5.41) is 1.48. The lowest BCUT2D eigenvalue weighted by Crippen LogP contribution is -2.46. The zero-order valence-corrected chi connectivity index (χ0v) is 14.1. The van der Waals surface area contributed by atoms with Gasteiger partial charge in [-0.3, -0.25) is 4.90 Å². The second-order valence-electron chi connectivity index (χ2n) is 7.67. The fraction of sp³-hybridized carbons (Fsp3) is 0.500. The molecule has 3 aliphatic rings. The van der Waals surface area contributed by atoms with Gasteiger partial charge in [-0.25, -0.2) is 0 Å². The van der Waals surface area contributed by atoms with Crippen molar-refractivity contribution in [3.8, 4) is 0 Å². The maximum Gasteiger partial charge on any atom is 0.0574 e. The summed E-state index contributed by atoms with van der Waals surface area (Å²) in [6.07, 6.45) is 6.38. The van der Waals surface area contributed by atoms with Crippen LogP contribution in [0.15, 0.2) is 29.8 Å². The number of fused-ring (bicyclic) bond motifs is 3. The number of likely N-dealkylation sites (N-methyl/N-ethyl adjacent to an activating group) is 1. The van der Waals surface area contributed by atoms with Crippen LogP contribution in [0.4, 0.5) is 0 Å². The Balaban J connectivity index is 1.78. The van der Waals surface area contributed by atoms with Crippen LogP contribution in [0.2, 0.25) is 0 Å². The van der Waals surface area contributed by atoms with Gasteiger partial charge in [0.1, 0.15) is 0 Å². The van der Waals surface area contributed by atoms with Gasteiger partial charge in [0, 0.05) is 36.3 Å². The van der Waals surface area contributed by atoms with Gasteiger partial charge in [-0.15, -0.1) is 0 Å². The molecule has 0 bridgehead atoms. The van der Waals surface area contributed by atoms with Crippen LogP contribution in [0.1, 0.15) is 30.1 Å². The van der Waals surface area contributed by atoms with E-state index in [0.717, 1.165) is 6.54 Å². The van der Waals surface area contributed by atoms with Crippen LogP contribution in [-0.4, -0.2) is 48.1 Å². The largest absolute Gasteiger partial charge is 0.318 e. The standard InChI is InChI=1S/C20H25N3/c1-21(2)12-14-13-23-18-8-4-3-6-16(18)17-9-11-22-10-5-7-15(14)19(22)20(17)23/h3-4,6,8,13,15,19H,5,7,9-12H2,1-2H3. The van der Waals surface area contributed by atoms with Crippen molar-refractivity contribution in [3.63, 3.8) is 0 Å². The van der Waals surface area contributed by atoms with E-state index in [1.165, 1.54) is 43.3 Å². The minimum atomic E-state index is 0.611. The Morgan fingerprint density at radius 3 is 2.91 bits per heavy atom. The quantitative estimate of drug-likeness (QED) is 0.843. The summed E-state index contributed by atoms with van der Waals surface area (Å²) >= 11 is 0. The molecule has 2 unspecified atom stereocenters. The molecule has 1 aromatic heterocycles. The molecule has 23 heavy (non-hydrogen) atoms. The van der Waals surface area contributed by atoms with Gasteiger partial charge in [-0.2, -0.15) is 0 Å². The Morgan fingerprint density at radius 1 is 1.17 bits per heavy atom. The van der Waals surface area contributed by atoms with Gasteiger partial charge < -0.3 is 9.47 Å². The first-order valence-electron chi connectivity index (χ1n) is 8.95. The lowest BCUT2D eigenvalue weighted by molar-refractivity contribution is 0.0899. The van der Waals surface area contributed by atoms with E-state index in [1.807, 2.05) is 0 Å². The molecule has 1 saturated heterocycles. The van der Waals surface area contributed by atoms with E-state index in [4.69, 9.17) is 0 Å². The number of aromatic nitrogens is 1. The number of rotatable bonds is 2. The van der Waals surface area contributed by atoms with Gasteiger partial charge in [-0.1, -0.05) is 18.2 Å². The van der Waals surface area contributed by atoms with E-state index in [2.05, 4.69) is 58.9 Å². The third-order valence-electron chi connectivity index (χ3n) is 5.99. The molecule has 2 atom stereocenters. The van der Waals surface area contributed by atoms with Gasteiger partial charge in [-0.05, 0) is 57.1 Å². The molecule has 2 aromatic rings. The predicted molar refractivity (Wildman–Crippen MR) is 95.5 cm³/mol. The van der Waals surface area contributed by atoms with Gasteiger partial charge >= 0.3 is 0 Å². The Labute approximate surface area is 138 Å². The molecule has 0 amide bonds. The van der Waals surface area contributed by atoms with E-state index < -0.39 is 0 Å². The average Bonchev–Trinajstić information content (AvgIpc) is 2.88. The number of benzene rings is 1. The molecular formula is C20H25N3. The lowest BCUT2D eigenvalue weighted by Gasteiger charge is -2.48. The van der Waals surface area contributed by atoms with Crippen molar-refractivity contribution in [2.75, 3.05) is 33.7 Å². The van der Waals surface area contributed by atoms with Crippen LogP contribution in [-0.2, 0) is 6.42 Å². The highest BCUT2D eigenvalue weighted by molar-refractivity contribution is 5.88. The predicted octanol–water partition coefficient (Wildman–Crippen LogP) is 3.37. The maximum absolute atomic E-state index is 2.76. The van der Waals surface area contributed by atoms with Gasteiger partial charge in [0.15, 0.2) is 0 Å². The van der Waals surface area contributed by atoms with Crippen molar-refractivity contribution in [2.45, 2.75) is 25.3 Å². The SMILES string of the molecule is CN(C)CC1=Cn2c3c(c4ccccc42)CCN2CCCC1C32. The number of para-hydroxylation sites is 1. The molecule has 0 radical (unpaired) electrons. The van der Waals surface area contributed by atoms with E-state index in [9.17, 15) is 0 Å². The smallest absolute Gasteiger partial charge is 0.0574 e. The van der Waals surface area contributed by atoms with Gasteiger partial charge in [0.2, 0.25) is 0 Å². The van der Waals surface area contributed by atoms with Crippen molar-refractivity contribution in [2.24, 2.45) is 5.92 Å². The maximum atomic E-state index is 2.76. The number of hydrogen-bond acceptors (Lipinski definition) is 2. The molecule has 0 aliphatic carbocycles. The molecule has 0 N–H and O–H groups in total. The van der Waals surface area contributed by atoms with Crippen LogP contribution >= 0.6 is 0 Å².